The van der Waals surface area contributed by atoms with E-state index in [9.17, 15) is 14.4 Å². The number of carbonyl (C=O) groups is 3. The first kappa shape index (κ1) is 20.7. The molecule has 0 aromatic heterocycles. The fraction of sp³-hybridized carbons (Fsp3) is 0.292. The molecule has 2 aromatic rings. The molecule has 2 heterocycles. The van der Waals surface area contributed by atoms with E-state index in [-0.39, 0.29) is 18.4 Å². The van der Waals surface area contributed by atoms with Gasteiger partial charge in [-0.1, -0.05) is 56.3 Å². The molecule has 4 amide bonds. The second kappa shape index (κ2) is 8.26. The monoisotopic (exact) mass is 418 g/mol. The van der Waals surface area contributed by atoms with Crippen LogP contribution in [0.1, 0.15) is 30.9 Å². The summed E-state index contributed by atoms with van der Waals surface area (Å²) in [7, 11) is 1.74. The highest BCUT2D eigenvalue weighted by atomic mass is 16.2. The Balaban J connectivity index is 1.48. The van der Waals surface area contributed by atoms with Gasteiger partial charge in [-0.05, 0) is 29.2 Å². The van der Waals surface area contributed by atoms with Crippen molar-refractivity contribution in [2.45, 2.75) is 38.4 Å². The van der Waals surface area contributed by atoms with Crippen molar-refractivity contribution in [3.05, 3.63) is 77.5 Å². The summed E-state index contributed by atoms with van der Waals surface area (Å²) in [6.07, 6.45) is 1.64. The second-order valence-corrected chi connectivity index (χ2v) is 8.26. The van der Waals surface area contributed by atoms with Gasteiger partial charge in [0.25, 0.3) is 11.8 Å². The Morgan fingerprint density at radius 2 is 1.74 bits per heavy atom. The zero-order valence-electron chi connectivity index (χ0n) is 17.8. The molecule has 0 aliphatic carbocycles. The maximum absolute atomic E-state index is 13.1. The molecule has 0 saturated carbocycles. The third-order valence-electron chi connectivity index (χ3n) is 5.76. The van der Waals surface area contributed by atoms with E-state index in [1.165, 1.54) is 10.5 Å². The molecule has 31 heavy (non-hydrogen) atoms. The topological polar surface area (TPSA) is 81.8 Å². The summed E-state index contributed by atoms with van der Waals surface area (Å²) in [5, 5.41) is 5.72. The summed E-state index contributed by atoms with van der Waals surface area (Å²) in [5.41, 5.74) is 3.07. The summed E-state index contributed by atoms with van der Waals surface area (Å²) in [5.74, 6) is -0.249. The van der Waals surface area contributed by atoms with Gasteiger partial charge in [-0.3, -0.25) is 14.5 Å². The molecule has 7 heteroatoms. The Hall–Kier alpha value is -3.61. The molecule has 160 valence electrons. The normalized spacial score (nSPS) is 20.5. The molecule has 4 rings (SSSR count). The third-order valence-corrected chi connectivity index (χ3v) is 5.76. The molecule has 2 unspecified atom stereocenters. The van der Waals surface area contributed by atoms with Crippen LogP contribution in [0.3, 0.4) is 0 Å². The van der Waals surface area contributed by atoms with Crippen LogP contribution in [0.4, 0.5) is 10.5 Å². The minimum Gasteiger partial charge on any atom is -0.366 e. The Morgan fingerprint density at radius 1 is 1.06 bits per heavy atom. The van der Waals surface area contributed by atoms with E-state index in [2.05, 4.69) is 24.5 Å². The quantitative estimate of drug-likeness (QED) is 0.782. The molecule has 1 saturated heterocycles. The first-order chi connectivity index (χ1) is 14.8. The maximum Gasteiger partial charge on any atom is 0.325 e. The van der Waals surface area contributed by atoms with Gasteiger partial charge in [-0.15, -0.1) is 0 Å². The number of fused-ring (bicyclic) bond motifs is 1. The smallest absolute Gasteiger partial charge is 0.325 e. The van der Waals surface area contributed by atoms with E-state index >= 15 is 0 Å². The van der Waals surface area contributed by atoms with E-state index in [0.29, 0.717) is 17.2 Å². The van der Waals surface area contributed by atoms with Crippen LogP contribution in [0, 0.1) is 0 Å². The SMILES string of the molecule is CC(C)c1ccc(NC(=O)C2=CN(C)C3C(=O)N(Cc4ccccc4)C(=O)NC23)cc1. The number of nitrogens with one attached hydrogen (secondary N) is 2. The van der Waals surface area contributed by atoms with Crippen LogP contribution in [-0.2, 0) is 16.1 Å². The number of nitrogens with zero attached hydrogens (tertiary/aromatic N) is 2. The average Bonchev–Trinajstić information content (AvgIpc) is 3.08. The zero-order chi connectivity index (χ0) is 22.1. The highest BCUT2D eigenvalue weighted by Crippen LogP contribution is 2.28. The predicted molar refractivity (Wildman–Crippen MR) is 118 cm³/mol. The maximum atomic E-state index is 13.1. The molecule has 2 aliphatic heterocycles. The number of rotatable bonds is 5. The predicted octanol–water partition coefficient (Wildman–Crippen LogP) is 3.07. The van der Waals surface area contributed by atoms with Gasteiger partial charge < -0.3 is 15.5 Å². The number of amides is 4. The Kier molecular flexibility index (Phi) is 5.50. The summed E-state index contributed by atoms with van der Waals surface area (Å²) in [6, 6.07) is 15.2. The van der Waals surface area contributed by atoms with Crippen molar-refractivity contribution in [2.75, 3.05) is 12.4 Å². The first-order valence-electron chi connectivity index (χ1n) is 10.4. The van der Waals surface area contributed by atoms with E-state index in [1.54, 1.807) is 18.1 Å². The highest BCUT2D eigenvalue weighted by Gasteiger charge is 2.49. The van der Waals surface area contributed by atoms with Gasteiger partial charge in [0.15, 0.2) is 0 Å². The molecule has 0 spiro atoms. The third kappa shape index (κ3) is 4.03. The molecule has 0 bridgehead atoms. The number of anilines is 1. The lowest BCUT2D eigenvalue weighted by molar-refractivity contribution is -0.134. The van der Waals surface area contributed by atoms with Gasteiger partial charge in [0, 0.05) is 18.9 Å². The largest absolute Gasteiger partial charge is 0.366 e. The summed E-state index contributed by atoms with van der Waals surface area (Å²) in [4.78, 5) is 41.7. The van der Waals surface area contributed by atoms with Crippen molar-refractivity contribution >= 4 is 23.5 Å². The van der Waals surface area contributed by atoms with Crippen LogP contribution >= 0.6 is 0 Å². The van der Waals surface area contributed by atoms with Gasteiger partial charge in [0.05, 0.1) is 18.2 Å². The van der Waals surface area contributed by atoms with Gasteiger partial charge >= 0.3 is 6.03 Å². The van der Waals surface area contributed by atoms with Crippen LogP contribution in [0.2, 0.25) is 0 Å². The fourth-order valence-electron chi connectivity index (χ4n) is 4.00. The van der Waals surface area contributed by atoms with Crippen molar-refractivity contribution in [1.82, 2.24) is 15.1 Å². The van der Waals surface area contributed by atoms with Crippen LogP contribution in [0.5, 0.6) is 0 Å². The lowest BCUT2D eigenvalue weighted by atomic mass is 9.98. The van der Waals surface area contributed by atoms with Crippen molar-refractivity contribution < 1.29 is 14.4 Å². The van der Waals surface area contributed by atoms with Gasteiger partial charge in [0.1, 0.15) is 6.04 Å². The summed E-state index contributed by atoms with van der Waals surface area (Å²) >= 11 is 0. The van der Waals surface area contributed by atoms with Gasteiger partial charge in [0.2, 0.25) is 0 Å². The number of urea groups is 1. The molecule has 2 aromatic carbocycles. The number of carbonyl (C=O) groups excluding carboxylic acids is 3. The minimum absolute atomic E-state index is 0.187. The molecule has 7 nitrogen and oxygen atoms in total. The number of hydrogen-bond acceptors (Lipinski definition) is 4. The molecular weight excluding hydrogens is 392 g/mol. The van der Waals surface area contributed by atoms with Crippen LogP contribution in [0.15, 0.2) is 66.4 Å². The molecule has 1 fully saturated rings. The molecule has 2 N–H and O–H groups in total. The molecular formula is C24H26N4O3. The summed E-state index contributed by atoms with van der Waals surface area (Å²) in [6.45, 7) is 4.40. The Morgan fingerprint density at radius 3 is 2.39 bits per heavy atom. The highest BCUT2D eigenvalue weighted by molar-refractivity contribution is 6.09. The average molecular weight is 418 g/mol. The van der Waals surface area contributed by atoms with E-state index < -0.39 is 18.1 Å². The van der Waals surface area contributed by atoms with E-state index in [0.717, 1.165) is 5.56 Å². The number of hydrogen-bond donors (Lipinski definition) is 2. The molecule has 2 atom stereocenters. The fourth-order valence-corrected chi connectivity index (χ4v) is 4.00. The number of imide groups is 1. The number of benzene rings is 2. The van der Waals surface area contributed by atoms with E-state index in [1.807, 2.05) is 54.6 Å². The van der Waals surface area contributed by atoms with Crippen molar-refractivity contribution in [2.24, 2.45) is 0 Å². The first-order valence-corrected chi connectivity index (χ1v) is 10.4. The Labute approximate surface area is 181 Å². The standard InChI is InChI=1S/C24H26N4O3/c1-15(2)17-9-11-18(12-10-17)25-22(29)19-14-27(3)21-20(19)26-24(31)28(23(21)30)13-16-7-5-4-6-8-16/h4-12,14-15,20-21H,13H2,1-3H3,(H,25,29)(H,26,31). The van der Waals surface area contributed by atoms with Crippen LogP contribution in [0.25, 0.3) is 0 Å². The number of likely N-dealkylation sites (N-methyl/N-ethyl adjacent to an activating group) is 1. The lowest BCUT2D eigenvalue weighted by Crippen LogP contribution is -2.64. The van der Waals surface area contributed by atoms with Crippen molar-refractivity contribution in [3.8, 4) is 0 Å². The molecule has 2 aliphatic rings. The van der Waals surface area contributed by atoms with Crippen LogP contribution < -0.4 is 10.6 Å². The van der Waals surface area contributed by atoms with Gasteiger partial charge in [-0.2, -0.15) is 0 Å². The van der Waals surface area contributed by atoms with Crippen LogP contribution in [-0.4, -0.2) is 46.8 Å². The Bertz CT molecular complexity index is 1030. The molecule has 0 radical (unpaired) electrons. The minimum atomic E-state index is -0.688. The van der Waals surface area contributed by atoms with E-state index in [4.69, 9.17) is 0 Å². The van der Waals surface area contributed by atoms with Crippen molar-refractivity contribution in [1.29, 1.82) is 0 Å². The van der Waals surface area contributed by atoms with Gasteiger partial charge in [-0.25, -0.2) is 4.79 Å². The summed E-state index contributed by atoms with van der Waals surface area (Å²) < 4.78 is 0. The zero-order valence-corrected chi connectivity index (χ0v) is 17.8. The van der Waals surface area contributed by atoms with Crippen molar-refractivity contribution in [3.63, 3.8) is 0 Å². The second-order valence-electron chi connectivity index (χ2n) is 8.26. The lowest BCUT2D eigenvalue weighted by Gasteiger charge is -2.37.